The molecule has 0 saturated carbocycles. The van der Waals surface area contributed by atoms with E-state index in [1.54, 1.807) is 4.52 Å². The van der Waals surface area contributed by atoms with E-state index >= 15 is 0 Å². The van der Waals surface area contributed by atoms with Gasteiger partial charge in [0.2, 0.25) is 0 Å². The van der Waals surface area contributed by atoms with Gasteiger partial charge >= 0.3 is 0 Å². The fourth-order valence-electron chi connectivity index (χ4n) is 2.09. The summed E-state index contributed by atoms with van der Waals surface area (Å²) < 4.78 is 2.58. The molecule has 0 radical (unpaired) electrons. The number of halogens is 1. The lowest BCUT2D eigenvalue weighted by Crippen LogP contribution is -2.18. The summed E-state index contributed by atoms with van der Waals surface area (Å²) >= 11 is 3.49. The highest BCUT2D eigenvalue weighted by Crippen LogP contribution is 2.20. The number of hydrogen-bond donors (Lipinski definition) is 2. The first kappa shape index (κ1) is 13.1. The molecule has 0 atom stereocenters. The zero-order valence-electron chi connectivity index (χ0n) is 11.0. The van der Waals surface area contributed by atoms with Crippen LogP contribution in [0.3, 0.4) is 0 Å². The Morgan fingerprint density at radius 2 is 2.25 bits per heavy atom. The van der Waals surface area contributed by atoms with Gasteiger partial charge < -0.3 is 15.6 Å². The number of aromatic nitrogens is 4. The van der Waals surface area contributed by atoms with Gasteiger partial charge in [-0.25, -0.2) is 9.50 Å². The average molecular weight is 335 g/mol. The van der Waals surface area contributed by atoms with E-state index in [4.69, 9.17) is 5.73 Å². The highest BCUT2D eigenvalue weighted by Gasteiger charge is 2.11. The number of nitrogens with one attached hydrogen (secondary N) is 1. The Labute approximate surface area is 124 Å². The zero-order valence-corrected chi connectivity index (χ0v) is 12.6. The largest absolute Gasteiger partial charge is 0.367 e. The lowest BCUT2D eigenvalue weighted by atomic mass is 10.3. The van der Waals surface area contributed by atoms with Crippen molar-refractivity contribution in [3.8, 4) is 0 Å². The molecule has 3 aromatic heterocycles. The standard InChI is InChI=1S/C13H15BrN6/c1-19(8-9-4-5-16-7-9)12-3-2-11-17-10(6-15)13(14)20(11)18-12/h2-5,7,16H,6,8,15H2,1H3. The van der Waals surface area contributed by atoms with Gasteiger partial charge in [0.1, 0.15) is 10.4 Å². The maximum Gasteiger partial charge on any atom is 0.155 e. The Morgan fingerprint density at radius 3 is 2.95 bits per heavy atom. The second-order valence-electron chi connectivity index (χ2n) is 4.59. The number of nitrogens with two attached hydrogens (primary N) is 1. The van der Waals surface area contributed by atoms with E-state index in [0.717, 1.165) is 28.3 Å². The quantitative estimate of drug-likeness (QED) is 0.764. The van der Waals surface area contributed by atoms with Gasteiger partial charge in [-0.2, -0.15) is 0 Å². The number of H-pyrrole nitrogens is 1. The van der Waals surface area contributed by atoms with E-state index in [0.29, 0.717) is 6.54 Å². The van der Waals surface area contributed by atoms with Crippen molar-refractivity contribution in [3.05, 3.63) is 46.5 Å². The Balaban J connectivity index is 1.93. The summed E-state index contributed by atoms with van der Waals surface area (Å²) in [6.45, 7) is 1.18. The zero-order chi connectivity index (χ0) is 14.1. The molecule has 20 heavy (non-hydrogen) atoms. The molecule has 3 N–H and O–H groups in total. The second kappa shape index (κ2) is 5.26. The van der Waals surface area contributed by atoms with E-state index in [-0.39, 0.29) is 0 Å². The lowest BCUT2D eigenvalue weighted by Gasteiger charge is -2.17. The van der Waals surface area contributed by atoms with Gasteiger partial charge in [0.05, 0.1) is 5.69 Å². The van der Waals surface area contributed by atoms with Crippen LogP contribution in [-0.2, 0) is 13.1 Å². The molecule has 7 heteroatoms. The Morgan fingerprint density at radius 1 is 1.40 bits per heavy atom. The van der Waals surface area contributed by atoms with Gasteiger partial charge in [-0.3, -0.25) is 0 Å². The van der Waals surface area contributed by atoms with E-state index in [1.807, 2.05) is 31.6 Å². The molecule has 0 unspecified atom stereocenters. The summed E-state index contributed by atoms with van der Waals surface area (Å²) in [4.78, 5) is 9.55. The minimum Gasteiger partial charge on any atom is -0.367 e. The monoisotopic (exact) mass is 334 g/mol. The van der Waals surface area contributed by atoms with E-state index < -0.39 is 0 Å². The SMILES string of the molecule is CN(Cc1cc[nH]c1)c1ccc2nc(CN)c(Br)n2n1. The Bertz CT molecular complexity index is 718. The van der Waals surface area contributed by atoms with Crippen LogP contribution < -0.4 is 10.6 Å². The Hall–Kier alpha value is -1.86. The number of rotatable bonds is 4. The molecule has 0 aliphatic rings. The second-order valence-corrected chi connectivity index (χ2v) is 5.34. The van der Waals surface area contributed by atoms with Crippen molar-refractivity contribution < 1.29 is 0 Å². The van der Waals surface area contributed by atoms with E-state index in [2.05, 4.69) is 42.0 Å². The summed E-state index contributed by atoms with van der Waals surface area (Å²) in [7, 11) is 2.01. The number of fused-ring (bicyclic) bond motifs is 1. The maximum absolute atomic E-state index is 5.66. The number of anilines is 1. The topological polar surface area (TPSA) is 75.2 Å². The van der Waals surface area contributed by atoms with Crippen LogP contribution in [0.1, 0.15) is 11.3 Å². The summed E-state index contributed by atoms with van der Waals surface area (Å²) in [6.07, 6.45) is 3.90. The molecule has 0 aliphatic heterocycles. The predicted molar refractivity (Wildman–Crippen MR) is 81.5 cm³/mol. The third kappa shape index (κ3) is 2.30. The molecule has 0 saturated heterocycles. The molecule has 3 rings (SSSR count). The molecule has 6 nitrogen and oxygen atoms in total. The number of imidazole rings is 1. The van der Waals surface area contributed by atoms with Gasteiger partial charge in [0.25, 0.3) is 0 Å². The molecular formula is C13H15BrN6. The van der Waals surface area contributed by atoms with Crippen molar-refractivity contribution in [2.45, 2.75) is 13.1 Å². The first-order chi connectivity index (χ1) is 9.69. The van der Waals surface area contributed by atoms with Crippen LogP contribution in [0.2, 0.25) is 0 Å². The van der Waals surface area contributed by atoms with Crippen LogP contribution in [0.4, 0.5) is 5.82 Å². The fourth-order valence-corrected chi connectivity index (χ4v) is 2.60. The van der Waals surface area contributed by atoms with Gasteiger partial charge in [-0.15, -0.1) is 5.10 Å². The summed E-state index contributed by atoms with van der Waals surface area (Å²) in [5, 5.41) is 4.59. The van der Waals surface area contributed by atoms with E-state index in [1.165, 1.54) is 5.56 Å². The fraction of sp³-hybridized carbons (Fsp3) is 0.231. The average Bonchev–Trinajstić information content (AvgIpc) is 3.07. The minimum atomic E-state index is 0.387. The number of nitrogens with zero attached hydrogens (tertiary/aromatic N) is 4. The molecular weight excluding hydrogens is 320 g/mol. The van der Waals surface area contributed by atoms with Crippen LogP contribution >= 0.6 is 15.9 Å². The molecule has 0 spiro atoms. The van der Waals surface area contributed by atoms with Gasteiger partial charge in [-0.05, 0) is 39.7 Å². The van der Waals surface area contributed by atoms with Crippen LogP contribution in [0.25, 0.3) is 5.65 Å². The van der Waals surface area contributed by atoms with Crippen LogP contribution in [0.15, 0.2) is 35.2 Å². The van der Waals surface area contributed by atoms with Crippen molar-refractivity contribution in [2.24, 2.45) is 5.73 Å². The van der Waals surface area contributed by atoms with Crippen molar-refractivity contribution in [2.75, 3.05) is 11.9 Å². The predicted octanol–water partition coefficient (Wildman–Crippen LogP) is 1.91. The van der Waals surface area contributed by atoms with Gasteiger partial charge in [-0.1, -0.05) is 0 Å². The van der Waals surface area contributed by atoms with Crippen LogP contribution in [-0.4, -0.2) is 26.6 Å². The smallest absolute Gasteiger partial charge is 0.155 e. The third-order valence-electron chi connectivity index (χ3n) is 3.14. The summed E-state index contributed by atoms with van der Waals surface area (Å²) in [6, 6.07) is 5.95. The first-order valence-corrected chi connectivity index (χ1v) is 7.05. The molecule has 0 aliphatic carbocycles. The van der Waals surface area contributed by atoms with Crippen molar-refractivity contribution in [3.63, 3.8) is 0 Å². The third-order valence-corrected chi connectivity index (χ3v) is 3.93. The highest BCUT2D eigenvalue weighted by atomic mass is 79.9. The molecule has 3 aromatic rings. The molecule has 0 amide bonds. The normalized spacial score (nSPS) is 11.2. The van der Waals surface area contributed by atoms with Crippen molar-refractivity contribution in [1.82, 2.24) is 19.6 Å². The number of aromatic amines is 1. The van der Waals surface area contributed by atoms with Crippen LogP contribution in [0, 0.1) is 0 Å². The highest BCUT2D eigenvalue weighted by molar-refractivity contribution is 9.10. The van der Waals surface area contributed by atoms with Crippen molar-refractivity contribution in [1.29, 1.82) is 0 Å². The van der Waals surface area contributed by atoms with Crippen LogP contribution in [0.5, 0.6) is 0 Å². The summed E-state index contributed by atoms with van der Waals surface area (Å²) in [5.41, 5.74) is 8.46. The summed E-state index contributed by atoms with van der Waals surface area (Å²) in [5.74, 6) is 0.875. The minimum absolute atomic E-state index is 0.387. The molecule has 3 heterocycles. The lowest BCUT2D eigenvalue weighted by molar-refractivity contribution is 0.831. The molecule has 0 bridgehead atoms. The molecule has 0 fully saturated rings. The molecule has 104 valence electrons. The van der Waals surface area contributed by atoms with Crippen molar-refractivity contribution >= 4 is 27.4 Å². The van der Waals surface area contributed by atoms with Gasteiger partial charge in [0.15, 0.2) is 5.65 Å². The van der Waals surface area contributed by atoms with Gasteiger partial charge in [0, 0.05) is 32.5 Å². The van der Waals surface area contributed by atoms with E-state index in [9.17, 15) is 0 Å². The molecule has 0 aromatic carbocycles. The Kier molecular flexibility index (Phi) is 3.45. The maximum atomic E-state index is 5.66. The number of hydrogen-bond acceptors (Lipinski definition) is 4. The first-order valence-electron chi connectivity index (χ1n) is 6.26.